The molecule has 0 aliphatic heterocycles. The van der Waals surface area contributed by atoms with Crippen molar-refractivity contribution in [3.05, 3.63) is 70.5 Å². The van der Waals surface area contributed by atoms with E-state index in [2.05, 4.69) is 10.4 Å². The number of carbonyl (C=O) groups excluding carboxylic acids is 2. The third-order valence-electron chi connectivity index (χ3n) is 4.06. The number of amides is 2. The number of nitrogens with one attached hydrogen (secondary N) is 1. The fourth-order valence-electron chi connectivity index (χ4n) is 2.63. The molecule has 0 aliphatic rings. The van der Waals surface area contributed by atoms with Gasteiger partial charge in [-0.05, 0) is 42.8 Å². The van der Waals surface area contributed by atoms with Crippen molar-refractivity contribution in [1.82, 2.24) is 9.78 Å². The van der Waals surface area contributed by atoms with Crippen molar-refractivity contribution in [2.75, 3.05) is 5.32 Å². The Bertz CT molecular complexity index is 1140. The number of carbonyl (C=O) groups is 3. The quantitative estimate of drug-likeness (QED) is 0.529. The number of nitrogens with zero attached hydrogens (tertiary/aromatic N) is 2. The molecule has 1 aromatic heterocycles. The lowest BCUT2D eigenvalue weighted by Crippen LogP contribution is -2.24. The third kappa shape index (κ3) is 4.76. The van der Waals surface area contributed by atoms with Gasteiger partial charge in [0.05, 0.1) is 5.69 Å². The number of hydrogen-bond acceptors (Lipinski definition) is 5. The SMILES string of the molecule is Cc1cc(Oc2ccccc2NC(=O)Cn2nc(C(=O)O)cc2C(N)=O)ccc1Cl. The number of benzene rings is 2. The summed E-state index contributed by atoms with van der Waals surface area (Å²) in [4.78, 5) is 35.1. The van der Waals surface area contributed by atoms with E-state index in [0.717, 1.165) is 16.3 Å². The summed E-state index contributed by atoms with van der Waals surface area (Å²) in [5.74, 6) is -1.87. The van der Waals surface area contributed by atoms with Gasteiger partial charge in [0, 0.05) is 11.1 Å². The van der Waals surface area contributed by atoms with Crippen LogP contribution in [0.3, 0.4) is 0 Å². The van der Waals surface area contributed by atoms with Crippen molar-refractivity contribution < 1.29 is 24.2 Å². The Balaban J connectivity index is 1.79. The van der Waals surface area contributed by atoms with Crippen LogP contribution in [0.4, 0.5) is 5.69 Å². The first kappa shape index (κ1) is 20.9. The Hall–Kier alpha value is -3.85. The van der Waals surface area contributed by atoms with Crippen molar-refractivity contribution in [2.45, 2.75) is 13.5 Å². The number of anilines is 1. The van der Waals surface area contributed by atoms with Crippen LogP contribution < -0.4 is 15.8 Å². The summed E-state index contributed by atoms with van der Waals surface area (Å²) in [7, 11) is 0. The van der Waals surface area contributed by atoms with Gasteiger partial charge in [-0.3, -0.25) is 9.59 Å². The van der Waals surface area contributed by atoms with Crippen LogP contribution in [0.15, 0.2) is 48.5 Å². The third-order valence-corrected chi connectivity index (χ3v) is 4.49. The van der Waals surface area contributed by atoms with E-state index in [1.54, 1.807) is 42.5 Å². The van der Waals surface area contributed by atoms with Crippen LogP contribution in [0.1, 0.15) is 26.5 Å². The number of para-hydroxylation sites is 2. The standard InChI is InChI=1S/C20H17ClN4O5/c1-11-8-12(6-7-13(11)21)30-17-5-3-2-4-14(17)23-18(26)10-25-16(19(22)27)9-15(24-25)20(28)29/h2-9H,10H2,1H3,(H2,22,27)(H,23,26)(H,28,29). The maximum absolute atomic E-state index is 12.5. The molecule has 0 unspecified atom stereocenters. The topological polar surface area (TPSA) is 137 Å². The lowest BCUT2D eigenvalue weighted by Gasteiger charge is -2.13. The van der Waals surface area contributed by atoms with Gasteiger partial charge in [-0.1, -0.05) is 23.7 Å². The molecule has 4 N–H and O–H groups in total. The van der Waals surface area contributed by atoms with Gasteiger partial charge in [0.15, 0.2) is 11.4 Å². The van der Waals surface area contributed by atoms with E-state index in [-0.39, 0.29) is 5.69 Å². The summed E-state index contributed by atoms with van der Waals surface area (Å²) in [5.41, 5.74) is 5.87. The number of aryl methyl sites for hydroxylation is 1. The highest BCUT2D eigenvalue weighted by molar-refractivity contribution is 6.31. The maximum Gasteiger partial charge on any atom is 0.356 e. The van der Waals surface area contributed by atoms with Gasteiger partial charge < -0.3 is 20.9 Å². The Labute approximate surface area is 176 Å². The smallest absolute Gasteiger partial charge is 0.356 e. The van der Waals surface area contributed by atoms with Gasteiger partial charge in [-0.25, -0.2) is 9.48 Å². The number of carboxylic acid groups (broad SMARTS) is 1. The molecule has 1 heterocycles. The first-order valence-electron chi connectivity index (χ1n) is 8.68. The fraction of sp³-hybridized carbons (Fsp3) is 0.100. The minimum Gasteiger partial charge on any atom is -0.476 e. The number of hydrogen-bond donors (Lipinski definition) is 3. The average molecular weight is 429 g/mol. The summed E-state index contributed by atoms with van der Waals surface area (Å²) in [6.45, 7) is 1.43. The molecule has 3 rings (SSSR count). The lowest BCUT2D eigenvalue weighted by molar-refractivity contribution is -0.116. The van der Waals surface area contributed by atoms with Gasteiger partial charge in [-0.2, -0.15) is 5.10 Å². The highest BCUT2D eigenvalue weighted by atomic mass is 35.5. The summed E-state index contributed by atoms with van der Waals surface area (Å²) in [5, 5.41) is 16.0. The Morgan fingerprint density at radius 2 is 1.93 bits per heavy atom. The lowest BCUT2D eigenvalue weighted by atomic mass is 10.2. The highest BCUT2D eigenvalue weighted by Crippen LogP contribution is 2.31. The van der Waals surface area contributed by atoms with E-state index in [4.69, 9.17) is 27.2 Å². The number of nitrogens with two attached hydrogens (primary N) is 1. The molecule has 0 aliphatic carbocycles. The molecule has 0 spiro atoms. The van der Waals surface area contributed by atoms with Gasteiger partial charge >= 0.3 is 5.97 Å². The molecule has 0 fully saturated rings. The predicted octanol–water partition coefficient (Wildman–Crippen LogP) is 3.07. The number of rotatable bonds is 7. The van der Waals surface area contributed by atoms with Crippen LogP contribution in [0, 0.1) is 6.92 Å². The van der Waals surface area contributed by atoms with Crippen molar-refractivity contribution in [3.8, 4) is 11.5 Å². The van der Waals surface area contributed by atoms with Crippen LogP contribution in [-0.4, -0.2) is 32.7 Å². The Kier molecular flexibility index (Phi) is 6.03. The largest absolute Gasteiger partial charge is 0.476 e. The number of carboxylic acids is 1. The molecule has 154 valence electrons. The van der Waals surface area contributed by atoms with Crippen LogP contribution >= 0.6 is 11.6 Å². The average Bonchev–Trinajstić information content (AvgIpc) is 3.10. The van der Waals surface area contributed by atoms with Crippen LogP contribution in [0.2, 0.25) is 5.02 Å². The van der Waals surface area contributed by atoms with Gasteiger partial charge in [0.25, 0.3) is 5.91 Å². The normalized spacial score (nSPS) is 10.5. The number of halogens is 1. The molecule has 30 heavy (non-hydrogen) atoms. The van der Waals surface area contributed by atoms with E-state index in [1.165, 1.54) is 0 Å². The van der Waals surface area contributed by atoms with E-state index >= 15 is 0 Å². The van der Waals surface area contributed by atoms with E-state index in [1.807, 2.05) is 6.92 Å². The van der Waals surface area contributed by atoms with Gasteiger partial charge in [0.1, 0.15) is 18.0 Å². The van der Waals surface area contributed by atoms with Gasteiger partial charge in [0.2, 0.25) is 5.91 Å². The van der Waals surface area contributed by atoms with Crippen LogP contribution in [0.25, 0.3) is 0 Å². The minimum absolute atomic E-state index is 0.191. The molecule has 0 atom stereocenters. The Morgan fingerprint density at radius 1 is 1.20 bits per heavy atom. The summed E-state index contributed by atoms with van der Waals surface area (Å²) in [6, 6.07) is 12.9. The molecule has 0 saturated carbocycles. The first-order valence-corrected chi connectivity index (χ1v) is 9.06. The monoisotopic (exact) mass is 428 g/mol. The molecule has 0 radical (unpaired) electrons. The molecular formula is C20H17ClN4O5. The number of ether oxygens (including phenoxy) is 1. The fourth-order valence-corrected chi connectivity index (χ4v) is 2.75. The molecule has 0 saturated heterocycles. The molecule has 0 bridgehead atoms. The van der Waals surface area contributed by atoms with E-state index in [9.17, 15) is 14.4 Å². The molecule has 3 aromatic rings. The molecule has 2 amide bonds. The van der Waals surface area contributed by atoms with Crippen molar-refractivity contribution in [3.63, 3.8) is 0 Å². The summed E-state index contributed by atoms with van der Waals surface area (Å²) in [6.07, 6.45) is 0. The Morgan fingerprint density at radius 3 is 2.60 bits per heavy atom. The summed E-state index contributed by atoms with van der Waals surface area (Å²) < 4.78 is 6.78. The highest BCUT2D eigenvalue weighted by Gasteiger charge is 2.19. The van der Waals surface area contributed by atoms with E-state index in [0.29, 0.717) is 22.2 Å². The number of primary amides is 1. The zero-order valence-corrected chi connectivity index (χ0v) is 16.5. The zero-order chi connectivity index (χ0) is 21.8. The first-order chi connectivity index (χ1) is 14.2. The van der Waals surface area contributed by atoms with Gasteiger partial charge in [-0.15, -0.1) is 0 Å². The van der Waals surface area contributed by atoms with Crippen LogP contribution in [-0.2, 0) is 11.3 Å². The number of aromatic nitrogens is 2. The van der Waals surface area contributed by atoms with Crippen molar-refractivity contribution in [2.24, 2.45) is 5.73 Å². The second-order valence-electron chi connectivity index (χ2n) is 6.30. The maximum atomic E-state index is 12.5. The van der Waals surface area contributed by atoms with Crippen molar-refractivity contribution in [1.29, 1.82) is 0 Å². The second kappa shape index (κ2) is 8.66. The second-order valence-corrected chi connectivity index (χ2v) is 6.71. The molecular weight excluding hydrogens is 412 g/mol. The number of aromatic carboxylic acids is 1. The minimum atomic E-state index is -1.34. The molecule has 10 heteroatoms. The predicted molar refractivity (Wildman–Crippen MR) is 109 cm³/mol. The van der Waals surface area contributed by atoms with Crippen molar-refractivity contribution >= 4 is 35.1 Å². The van der Waals surface area contributed by atoms with E-state index < -0.39 is 30.0 Å². The molecule has 9 nitrogen and oxygen atoms in total. The summed E-state index contributed by atoms with van der Waals surface area (Å²) >= 11 is 6.03. The van der Waals surface area contributed by atoms with Crippen LogP contribution in [0.5, 0.6) is 11.5 Å². The zero-order valence-electron chi connectivity index (χ0n) is 15.8. The molecule has 2 aromatic carbocycles.